The lowest BCUT2D eigenvalue weighted by molar-refractivity contribution is -0.129. The van der Waals surface area contributed by atoms with E-state index in [2.05, 4.69) is 0 Å². The summed E-state index contributed by atoms with van der Waals surface area (Å²) in [6, 6.07) is 0. The van der Waals surface area contributed by atoms with E-state index in [9.17, 15) is 4.79 Å². The van der Waals surface area contributed by atoms with Gasteiger partial charge in [0.05, 0.1) is 0 Å². The third kappa shape index (κ3) is 6.54. The maximum atomic E-state index is 11.2. The Bertz CT molecular complexity index is 140. The molecule has 4 heteroatoms. The van der Waals surface area contributed by atoms with Crippen LogP contribution in [0.25, 0.3) is 0 Å². The highest BCUT2D eigenvalue weighted by atomic mass is 16.2. The van der Waals surface area contributed by atoms with Gasteiger partial charge in [-0.25, -0.2) is 0 Å². The molecule has 0 aromatic heterocycles. The molecule has 0 unspecified atom stereocenters. The summed E-state index contributed by atoms with van der Waals surface area (Å²) in [5.41, 5.74) is 5.26. The Balaban J connectivity index is 3.38. The van der Waals surface area contributed by atoms with Gasteiger partial charge in [-0.3, -0.25) is 4.79 Å². The minimum absolute atomic E-state index is 0.103. The second kappa shape index (κ2) is 8.01. The van der Waals surface area contributed by atoms with Crippen LogP contribution >= 0.6 is 0 Å². The lowest BCUT2D eigenvalue weighted by atomic mass is 10.2. The van der Waals surface area contributed by atoms with E-state index in [0.717, 1.165) is 25.8 Å². The van der Waals surface area contributed by atoms with Crippen LogP contribution in [-0.2, 0) is 4.79 Å². The zero-order valence-electron chi connectivity index (χ0n) is 8.33. The van der Waals surface area contributed by atoms with Gasteiger partial charge in [-0.15, -0.1) is 0 Å². The lowest BCUT2D eigenvalue weighted by Crippen LogP contribution is -2.29. The first kappa shape index (κ1) is 12.4. The van der Waals surface area contributed by atoms with E-state index in [-0.39, 0.29) is 12.5 Å². The first-order valence-corrected chi connectivity index (χ1v) is 4.77. The molecular formula is C9H20N2O2. The predicted molar refractivity (Wildman–Crippen MR) is 52.2 cm³/mol. The average molecular weight is 188 g/mol. The Morgan fingerprint density at radius 3 is 2.62 bits per heavy atom. The highest BCUT2D eigenvalue weighted by Crippen LogP contribution is 1.98. The molecule has 0 heterocycles. The molecule has 0 aromatic carbocycles. The van der Waals surface area contributed by atoms with E-state index in [1.165, 1.54) is 0 Å². The van der Waals surface area contributed by atoms with Crippen LogP contribution in [0.3, 0.4) is 0 Å². The highest BCUT2D eigenvalue weighted by Gasteiger charge is 2.05. The van der Waals surface area contributed by atoms with Crippen molar-refractivity contribution < 1.29 is 9.90 Å². The van der Waals surface area contributed by atoms with Crippen molar-refractivity contribution in [2.45, 2.75) is 25.7 Å². The van der Waals surface area contributed by atoms with Crippen molar-refractivity contribution in [1.29, 1.82) is 0 Å². The van der Waals surface area contributed by atoms with Crippen LogP contribution in [0.15, 0.2) is 0 Å². The van der Waals surface area contributed by atoms with E-state index in [1.54, 1.807) is 11.9 Å². The molecule has 0 bridgehead atoms. The SMILES string of the molecule is CN(CCCCCO)C(=O)CCN. The Morgan fingerprint density at radius 2 is 2.08 bits per heavy atom. The number of amides is 1. The van der Waals surface area contributed by atoms with Crippen molar-refractivity contribution in [3.63, 3.8) is 0 Å². The second-order valence-electron chi connectivity index (χ2n) is 3.14. The second-order valence-corrected chi connectivity index (χ2v) is 3.14. The standard InChI is InChI=1S/C9H20N2O2/c1-11(9(13)5-6-10)7-3-2-4-8-12/h12H,2-8,10H2,1H3. The van der Waals surface area contributed by atoms with Gasteiger partial charge in [0, 0.05) is 33.2 Å². The summed E-state index contributed by atoms with van der Waals surface area (Å²) in [5, 5.41) is 8.53. The monoisotopic (exact) mass is 188 g/mol. The number of aliphatic hydroxyl groups excluding tert-OH is 1. The van der Waals surface area contributed by atoms with Crippen LogP contribution in [0.1, 0.15) is 25.7 Å². The van der Waals surface area contributed by atoms with Gasteiger partial charge in [0.25, 0.3) is 0 Å². The van der Waals surface area contributed by atoms with Gasteiger partial charge >= 0.3 is 0 Å². The Hall–Kier alpha value is -0.610. The molecule has 0 atom stereocenters. The van der Waals surface area contributed by atoms with Crippen LogP contribution in [0.5, 0.6) is 0 Å². The van der Waals surface area contributed by atoms with Gasteiger partial charge in [0.2, 0.25) is 5.91 Å². The summed E-state index contributed by atoms with van der Waals surface area (Å²) in [4.78, 5) is 12.9. The molecular weight excluding hydrogens is 168 g/mol. The Morgan fingerprint density at radius 1 is 1.38 bits per heavy atom. The third-order valence-corrected chi connectivity index (χ3v) is 1.94. The molecule has 0 fully saturated rings. The molecule has 0 aliphatic heterocycles. The van der Waals surface area contributed by atoms with Crippen LogP contribution in [0.2, 0.25) is 0 Å². The van der Waals surface area contributed by atoms with Crippen LogP contribution in [-0.4, -0.2) is 42.7 Å². The summed E-state index contributed by atoms with van der Waals surface area (Å²) in [7, 11) is 1.79. The van der Waals surface area contributed by atoms with Crippen molar-refractivity contribution in [3.8, 4) is 0 Å². The third-order valence-electron chi connectivity index (χ3n) is 1.94. The van der Waals surface area contributed by atoms with E-state index in [0.29, 0.717) is 13.0 Å². The molecule has 0 spiro atoms. The zero-order valence-corrected chi connectivity index (χ0v) is 8.33. The molecule has 0 rings (SSSR count). The molecule has 13 heavy (non-hydrogen) atoms. The molecule has 0 saturated heterocycles. The van der Waals surface area contributed by atoms with Gasteiger partial charge < -0.3 is 15.7 Å². The number of nitrogens with zero attached hydrogens (tertiary/aromatic N) is 1. The van der Waals surface area contributed by atoms with Crippen molar-refractivity contribution in [1.82, 2.24) is 4.90 Å². The van der Waals surface area contributed by atoms with Crippen LogP contribution < -0.4 is 5.73 Å². The fourth-order valence-corrected chi connectivity index (χ4v) is 1.08. The van der Waals surface area contributed by atoms with Gasteiger partial charge in [-0.2, -0.15) is 0 Å². The van der Waals surface area contributed by atoms with Gasteiger partial charge in [-0.1, -0.05) is 0 Å². The molecule has 0 aromatic rings. The molecule has 0 aliphatic rings. The van der Waals surface area contributed by atoms with E-state index in [1.807, 2.05) is 0 Å². The van der Waals surface area contributed by atoms with Crippen molar-refractivity contribution in [3.05, 3.63) is 0 Å². The summed E-state index contributed by atoms with van der Waals surface area (Å²) >= 11 is 0. The predicted octanol–water partition coefficient (Wildman–Crippen LogP) is -0.0438. The number of carbonyl (C=O) groups excluding carboxylic acids is 1. The van der Waals surface area contributed by atoms with Crippen LogP contribution in [0.4, 0.5) is 0 Å². The molecule has 1 amide bonds. The fourth-order valence-electron chi connectivity index (χ4n) is 1.08. The maximum absolute atomic E-state index is 11.2. The number of unbranched alkanes of at least 4 members (excludes halogenated alkanes) is 2. The van der Waals surface area contributed by atoms with Crippen molar-refractivity contribution in [2.24, 2.45) is 5.73 Å². The number of carbonyl (C=O) groups is 1. The summed E-state index contributed by atoms with van der Waals surface area (Å²) in [6.07, 6.45) is 3.17. The molecule has 0 saturated carbocycles. The van der Waals surface area contributed by atoms with Gasteiger partial charge in [0.15, 0.2) is 0 Å². The number of hydrogen-bond acceptors (Lipinski definition) is 3. The van der Waals surface area contributed by atoms with Crippen molar-refractivity contribution in [2.75, 3.05) is 26.7 Å². The normalized spacial score (nSPS) is 10.1. The van der Waals surface area contributed by atoms with Gasteiger partial charge in [-0.05, 0) is 19.3 Å². The lowest BCUT2D eigenvalue weighted by Gasteiger charge is -2.16. The summed E-state index contributed by atoms with van der Waals surface area (Å²) in [6.45, 7) is 1.42. The summed E-state index contributed by atoms with van der Waals surface area (Å²) in [5.74, 6) is 0.103. The van der Waals surface area contributed by atoms with Crippen molar-refractivity contribution >= 4 is 5.91 Å². The first-order chi connectivity index (χ1) is 6.22. The van der Waals surface area contributed by atoms with E-state index < -0.39 is 0 Å². The smallest absolute Gasteiger partial charge is 0.223 e. The Kier molecular flexibility index (Phi) is 7.63. The zero-order chi connectivity index (χ0) is 10.1. The van der Waals surface area contributed by atoms with E-state index in [4.69, 9.17) is 10.8 Å². The quantitative estimate of drug-likeness (QED) is 0.551. The Labute approximate surface area is 79.7 Å². The topological polar surface area (TPSA) is 66.6 Å². The fraction of sp³-hybridized carbons (Fsp3) is 0.889. The first-order valence-electron chi connectivity index (χ1n) is 4.77. The summed E-state index contributed by atoms with van der Waals surface area (Å²) < 4.78 is 0. The van der Waals surface area contributed by atoms with Crippen LogP contribution in [0, 0.1) is 0 Å². The average Bonchev–Trinajstić information content (AvgIpc) is 2.12. The highest BCUT2D eigenvalue weighted by molar-refractivity contribution is 5.75. The molecule has 4 nitrogen and oxygen atoms in total. The molecule has 0 aliphatic carbocycles. The van der Waals surface area contributed by atoms with Gasteiger partial charge in [0.1, 0.15) is 0 Å². The minimum atomic E-state index is 0.103. The molecule has 3 N–H and O–H groups in total. The number of hydrogen-bond donors (Lipinski definition) is 2. The number of aliphatic hydroxyl groups is 1. The number of nitrogens with two attached hydrogens (primary N) is 1. The maximum Gasteiger partial charge on any atom is 0.223 e. The number of rotatable bonds is 7. The molecule has 78 valence electrons. The minimum Gasteiger partial charge on any atom is -0.396 e. The molecule has 0 radical (unpaired) electrons. The van der Waals surface area contributed by atoms with E-state index >= 15 is 0 Å². The largest absolute Gasteiger partial charge is 0.396 e.